The lowest BCUT2D eigenvalue weighted by Gasteiger charge is -2.28. The molecule has 1 N–H and O–H groups in total. The van der Waals surface area contributed by atoms with Crippen LogP contribution in [-0.4, -0.2) is 29.1 Å². The fourth-order valence-electron chi connectivity index (χ4n) is 1.67. The fourth-order valence-corrected chi connectivity index (χ4v) is 1.67. The van der Waals surface area contributed by atoms with E-state index in [1.807, 2.05) is 6.92 Å². The Labute approximate surface area is 101 Å². The monoisotopic (exact) mass is 239 g/mol. The largest absolute Gasteiger partial charge is 0.480 e. The quantitative estimate of drug-likeness (QED) is 0.878. The van der Waals surface area contributed by atoms with Crippen LogP contribution in [0.25, 0.3) is 0 Å². The van der Waals surface area contributed by atoms with E-state index in [2.05, 4.69) is 0 Å². The van der Waals surface area contributed by atoms with Crippen molar-refractivity contribution in [1.29, 1.82) is 0 Å². The van der Waals surface area contributed by atoms with E-state index in [1.165, 1.54) is 6.07 Å². The maximum atomic E-state index is 13.1. The highest BCUT2D eigenvalue weighted by Crippen LogP contribution is 2.22. The van der Waals surface area contributed by atoms with E-state index < -0.39 is 12.0 Å². The number of halogens is 1. The number of carboxylic acid groups (broad SMARTS) is 1. The van der Waals surface area contributed by atoms with Crippen LogP contribution in [0.3, 0.4) is 0 Å². The minimum atomic E-state index is -0.863. The van der Waals surface area contributed by atoms with E-state index in [4.69, 9.17) is 5.11 Å². The molecule has 1 rings (SSSR count). The molecule has 17 heavy (non-hydrogen) atoms. The summed E-state index contributed by atoms with van der Waals surface area (Å²) in [6, 6.07) is 4.22. The molecule has 0 spiro atoms. The van der Waals surface area contributed by atoms with E-state index in [0.717, 1.165) is 5.56 Å². The normalized spacial score (nSPS) is 14.7. The van der Waals surface area contributed by atoms with Crippen LogP contribution in [0.4, 0.5) is 4.39 Å². The van der Waals surface area contributed by atoms with Gasteiger partial charge in [0.05, 0.1) is 0 Å². The first-order chi connectivity index (χ1) is 7.84. The van der Waals surface area contributed by atoms with Gasteiger partial charge in [-0.2, -0.15) is 0 Å². The van der Waals surface area contributed by atoms with Gasteiger partial charge in [0.25, 0.3) is 0 Å². The Morgan fingerprint density at radius 2 is 2.00 bits per heavy atom. The van der Waals surface area contributed by atoms with Gasteiger partial charge < -0.3 is 5.11 Å². The van der Waals surface area contributed by atoms with Crippen molar-refractivity contribution in [3.8, 4) is 0 Å². The van der Waals surface area contributed by atoms with E-state index in [-0.39, 0.29) is 11.9 Å². The number of nitrogens with zero attached hydrogens (tertiary/aromatic N) is 1. The zero-order valence-corrected chi connectivity index (χ0v) is 10.6. The first-order valence-electron chi connectivity index (χ1n) is 5.55. The molecule has 94 valence electrons. The van der Waals surface area contributed by atoms with Crippen LogP contribution in [0, 0.1) is 12.7 Å². The molecule has 1 aromatic carbocycles. The van der Waals surface area contributed by atoms with Crippen molar-refractivity contribution in [2.75, 3.05) is 7.05 Å². The molecule has 0 radical (unpaired) electrons. The van der Waals surface area contributed by atoms with Crippen molar-refractivity contribution < 1.29 is 14.3 Å². The Morgan fingerprint density at radius 3 is 2.47 bits per heavy atom. The zero-order valence-electron chi connectivity index (χ0n) is 10.6. The molecule has 2 unspecified atom stereocenters. The molecule has 4 heteroatoms. The molecule has 3 nitrogen and oxygen atoms in total. The highest BCUT2D eigenvalue weighted by Gasteiger charge is 2.22. The maximum absolute atomic E-state index is 13.1. The van der Waals surface area contributed by atoms with Crippen LogP contribution >= 0.6 is 0 Å². The lowest BCUT2D eigenvalue weighted by molar-refractivity contribution is -0.142. The smallest absolute Gasteiger partial charge is 0.320 e. The third-order valence-corrected chi connectivity index (χ3v) is 3.24. The second kappa shape index (κ2) is 5.27. The summed E-state index contributed by atoms with van der Waals surface area (Å²) in [6.07, 6.45) is 0. The highest BCUT2D eigenvalue weighted by molar-refractivity contribution is 5.72. The summed E-state index contributed by atoms with van der Waals surface area (Å²) < 4.78 is 13.1. The standard InChI is InChI=1S/C13H18FNO2/c1-8-7-11(5-6-12(8)14)9(2)15(4)10(3)13(16)17/h5-7,9-10H,1-4H3,(H,16,17). The number of rotatable bonds is 4. The maximum Gasteiger partial charge on any atom is 0.320 e. The molecule has 0 aliphatic rings. The molecule has 2 atom stereocenters. The second-order valence-electron chi connectivity index (χ2n) is 4.36. The van der Waals surface area contributed by atoms with Gasteiger partial charge in [0.1, 0.15) is 11.9 Å². The molecule has 0 amide bonds. The van der Waals surface area contributed by atoms with Gasteiger partial charge in [-0.05, 0) is 45.0 Å². The Morgan fingerprint density at radius 1 is 1.41 bits per heavy atom. The van der Waals surface area contributed by atoms with Gasteiger partial charge >= 0.3 is 5.97 Å². The van der Waals surface area contributed by atoms with Crippen molar-refractivity contribution in [3.05, 3.63) is 35.1 Å². The fraction of sp³-hybridized carbons (Fsp3) is 0.462. The van der Waals surface area contributed by atoms with Crippen molar-refractivity contribution in [2.24, 2.45) is 0 Å². The second-order valence-corrected chi connectivity index (χ2v) is 4.36. The van der Waals surface area contributed by atoms with Crippen LogP contribution in [0.1, 0.15) is 31.0 Å². The number of aryl methyl sites for hydroxylation is 1. The molecule has 0 aliphatic heterocycles. The predicted octanol–water partition coefficient (Wildman–Crippen LogP) is 2.60. The number of hydrogen-bond donors (Lipinski definition) is 1. The third-order valence-electron chi connectivity index (χ3n) is 3.24. The minimum Gasteiger partial charge on any atom is -0.480 e. The van der Waals surface area contributed by atoms with Gasteiger partial charge in [0.15, 0.2) is 0 Å². The van der Waals surface area contributed by atoms with Gasteiger partial charge in [0.2, 0.25) is 0 Å². The number of carbonyl (C=O) groups is 1. The molecule has 0 bridgehead atoms. The molecular weight excluding hydrogens is 221 g/mol. The highest BCUT2D eigenvalue weighted by atomic mass is 19.1. The van der Waals surface area contributed by atoms with E-state index in [1.54, 1.807) is 37.9 Å². The van der Waals surface area contributed by atoms with Gasteiger partial charge in [-0.25, -0.2) is 4.39 Å². The summed E-state index contributed by atoms with van der Waals surface area (Å²) in [7, 11) is 1.75. The average molecular weight is 239 g/mol. The van der Waals surface area contributed by atoms with E-state index >= 15 is 0 Å². The van der Waals surface area contributed by atoms with Crippen molar-refractivity contribution in [3.63, 3.8) is 0 Å². The average Bonchev–Trinajstić information content (AvgIpc) is 2.29. The Balaban J connectivity index is 2.92. The summed E-state index contributed by atoms with van der Waals surface area (Å²) in [5, 5.41) is 8.95. The van der Waals surface area contributed by atoms with E-state index in [9.17, 15) is 9.18 Å². The summed E-state index contributed by atoms with van der Waals surface area (Å²) in [5.74, 6) is -1.10. The van der Waals surface area contributed by atoms with Crippen molar-refractivity contribution in [1.82, 2.24) is 4.90 Å². The van der Waals surface area contributed by atoms with Gasteiger partial charge in [0, 0.05) is 6.04 Å². The van der Waals surface area contributed by atoms with Gasteiger partial charge in [-0.15, -0.1) is 0 Å². The summed E-state index contributed by atoms with van der Waals surface area (Å²) in [4.78, 5) is 12.6. The van der Waals surface area contributed by atoms with Crippen molar-refractivity contribution in [2.45, 2.75) is 32.9 Å². The van der Waals surface area contributed by atoms with Crippen LogP contribution in [-0.2, 0) is 4.79 Å². The van der Waals surface area contributed by atoms with Crippen LogP contribution in [0.2, 0.25) is 0 Å². The summed E-state index contributed by atoms with van der Waals surface area (Å²) >= 11 is 0. The van der Waals surface area contributed by atoms with Gasteiger partial charge in [-0.3, -0.25) is 9.69 Å². The van der Waals surface area contributed by atoms with Crippen LogP contribution in [0.15, 0.2) is 18.2 Å². The summed E-state index contributed by atoms with van der Waals surface area (Å²) in [5.41, 5.74) is 1.49. The molecule has 0 aromatic heterocycles. The number of carboxylic acids is 1. The molecule has 0 fully saturated rings. The predicted molar refractivity (Wildman–Crippen MR) is 64.4 cm³/mol. The molecule has 0 heterocycles. The number of aliphatic carboxylic acids is 1. The lowest BCUT2D eigenvalue weighted by atomic mass is 10.0. The zero-order chi connectivity index (χ0) is 13.2. The Hall–Kier alpha value is -1.42. The SMILES string of the molecule is Cc1cc(C(C)N(C)C(C)C(=O)O)ccc1F. The lowest BCUT2D eigenvalue weighted by Crippen LogP contribution is -2.37. The van der Waals surface area contributed by atoms with E-state index in [0.29, 0.717) is 5.56 Å². The summed E-state index contributed by atoms with van der Waals surface area (Å²) in [6.45, 7) is 5.24. The number of likely N-dealkylation sites (N-methyl/N-ethyl adjacent to an activating group) is 1. The number of benzene rings is 1. The first-order valence-corrected chi connectivity index (χ1v) is 5.55. The van der Waals surface area contributed by atoms with Crippen molar-refractivity contribution >= 4 is 5.97 Å². The first kappa shape index (κ1) is 13.6. The Kier molecular flexibility index (Phi) is 4.23. The molecular formula is C13H18FNO2. The Bertz CT molecular complexity index is 420. The molecule has 1 aromatic rings. The molecule has 0 saturated carbocycles. The van der Waals surface area contributed by atoms with Gasteiger partial charge in [-0.1, -0.05) is 12.1 Å². The number of hydrogen-bond acceptors (Lipinski definition) is 2. The van der Waals surface area contributed by atoms with Crippen LogP contribution < -0.4 is 0 Å². The molecule has 0 saturated heterocycles. The van der Waals surface area contributed by atoms with Crippen LogP contribution in [0.5, 0.6) is 0 Å². The third kappa shape index (κ3) is 3.03. The minimum absolute atomic E-state index is 0.0691. The topological polar surface area (TPSA) is 40.5 Å². The molecule has 0 aliphatic carbocycles.